The van der Waals surface area contributed by atoms with Crippen LogP contribution in [0.3, 0.4) is 0 Å². The first-order valence-corrected chi connectivity index (χ1v) is 8.13. The standard InChI is InChI=1S/C18H20FN3O3/c1-11(2)8-18(3)16(23)22(17(24)21-18)9-14-10-25-15(20-14)12-4-6-13(19)7-5-12/h4-7,10-11H,8-9H2,1-3H3,(H,21,24). The monoisotopic (exact) mass is 345 g/mol. The van der Waals surface area contributed by atoms with E-state index in [-0.39, 0.29) is 24.2 Å². The van der Waals surface area contributed by atoms with Crippen LogP contribution in [-0.2, 0) is 11.3 Å². The van der Waals surface area contributed by atoms with Crippen molar-refractivity contribution in [3.8, 4) is 11.5 Å². The molecule has 2 heterocycles. The third-order valence-corrected chi connectivity index (χ3v) is 4.12. The van der Waals surface area contributed by atoms with E-state index in [9.17, 15) is 14.0 Å². The molecule has 0 bridgehead atoms. The van der Waals surface area contributed by atoms with E-state index in [0.717, 1.165) is 4.90 Å². The highest BCUT2D eigenvalue weighted by atomic mass is 19.1. The fourth-order valence-electron chi connectivity index (χ4n) is 3.11. The van der Waals surface area contributed by atoms with Gasteiger partial charge in [0, 0.05) is 5.56 Å². The minimum absolute atomic E-state index is 0.0308. The predicted molar refractivity (Wildman–Crippen MR) is 88.8 cm³/mol. The molecule has 1 aliphatic heterocycles. The van der Waals surface area contributed by atoms with Crippen molar-refractivity contribution in [1.82, 2.24) is 15.2 Å². The van der Waals surface area contributed by atoms with E-state index in [1.54, 1.807) is 19.1 Å². The number of nitrogens with one attached hydrogen (secondary N) is 1. The first kappa shape index (κ1) is 17.1. The third-order valence-electron chi connectivity index (χ3n) is 4.12. The van der Waals surface area contributed by atoms with Crippen molar-refractivity contribution in [3.05, 3.63) is 42.0 Å². The zero-order valence-corrected chi connectivity index (χ0v) is 14.4. The lowest BCUT2D eigenvalue weighted by Crippen LogP contribution is -2.44. The number of urea groups is 1. The summed E-state index contributed by atoms with van der Waals surface area (Å²) in [7, 11) is 0. The van der Waals surface area contributed by atoms with Crippen molar-refractivity contribution in [2.24, 2.45) is 5.92 Å². The summed E-state index contributed by atoms with van der Waals surface area (Å²) in [5.41, 5.74) is 0.181. The van der Waals surface area contributed by atoms with Gasteiger partial charge in [-0.25, -0.2) is 14.2 Å². The molecule has 132 valence electrons. The van der Waals surface area contributed by atoms with Crippen LogP contribution in [0.15, 0.2) is 34.9 Å². The Morgan fingerprint density at radius 1 is 1.28 bits per heavy atom. The highest BCUT2D eigenvalue weighted by Crippen LogP contribution is 2.27. The zero-order valence-electron chi connectivity index (χ0n) is 14.4. The molecule has 0 saturated carbocycles. The van der Waals surface area contributed by atoms with Crippen LogP contribution in [0.2, 0.25) is 0 Å². The number of benzene rings is 1. The van der Waals surface area contributed by atoms with E-state index < -0.39 is 11.6 Å². The molecule has 1 unspecified atom stereocenters. The molecule has 1 aromatic carbocycles. The van der Waals surface area contributed by atoms with Crippen molar-refractivity contribution in [1.29, 1.82) is 0 Å². The number of carbonyl (C=O) groups excluding carboxylic acids is 2. The summed E-state index contributed by atoms with van der Waals surface area (Å²) in [5.74, 6) is -0.0323. The van der Waals surface area contributed by atoms with Gasteiger partial charge < -0.3 is 9.73 Å². The molecule has 1 saturated heterocycles. The van der Waals surface area contributed by atoms with E-state index in [2.05, 4.69) is 10.3 Å². The zero-order chi connectivity index (χ0) is 18.2. The van der Waals surface area contributed by atoms with Crippen LogP contribution in [0.5, 0.6) is 0 Å². The molecule has 1 N–H and O–H groups in total. The number of halogens is 1. The quantitative estimate of drug-likeness (QED) is 0.844. The Morgan fingerprint density at radius 3 is 2.60 bits per heavy atom. The minimum atomic E-state index is -0.894. The molecule has 1 fully saturated rings. The van der Waals surface area contributed by atoms with E-state index in [1.165, 1.54) is 18.4 Å². The van der Waals surface area contributed by atoms with Gasteiger partial charge in [-0.1, -0.05) is 13.8 Å². The summed E-state index contributed by atoms with van der Waals surface area (Å²) < 4.78 is 18.4. The number of hydrogen-bond donors (Lipinski definition) is 1. The van der Waals surface area contributed by atoms with Gasteiger partial charge in [0.05, 0.1) is 12.2 Å². The van der Waals surface area contributed by atoms with Crippen LogP contribution in [0.1, 0.15) is 32.9 Å². The van der Waals surface area contributed by atoms with Gasteiger partial charge in [-0.3, -0.25) is 9.69 Å². The number of amides is 3. The molecule has 1 atom stereocenters. The summed E-state index contributed by atoms with van der Waals surface area (Å²) in [5, 5.41) is 2.76. The predicted octanol–water partition coefficient (Wildman–Crippen LogP) is 3.34. The van der Waals surface area contributed by atoms with Crippen molar-refractivity contribution in [2.45, 2.75) is 39.3 Å². The van der Waals surface area contributed by atoms with E-state index in [0.29, 0.717) is 23.6 Å². The molecular formula is C18H20FN3O3. The Labute approximate surface area is 145 Å². The molecular weight excluding hydrogens is 325 g/mol. The minimum Gasteiger partial charge on any atom is -0.444 e. The number of imide groups is 1. The number of nitrogens with zero attached hydrogens (tertiary/aromatic N) is 2. The maximum Gasteiger partial charge on any atom is 0.325 e. The lowest BCUT2D eigenvalue weighted by Gasteiger charge is -2.23. The van der Waals surface area contributed by atoms with Gasteiger partial charge in [-0.05, 0) is 43.5 Å². The Bertz CT molecular complexity index is 800. The lowest BCUT2D eigenvalue weighted by atomic mass is 9.91. The van der Waals surface area contributed by atoms with Crippen LogP contribution < -0.4 is 5.32 Å². The fraction of sp³-hybridized carbons (Fsp3) is 0.389. The van der Waals surface area contributed by atoms with E-state index >= 15 is 0 Å². The summed E-state index contributed by atoms with van der Waals surface area (Å²) in [6, 6.07) is 5.30. The molecule has 1 aromatic heterocycles. The van der Waals surface area contributed by atoms with Gasteiger partial charge in [0.2, 0.25) is 5.89 Å². The highest BCUT2D eigenvalue weighted by molar-refractivity contribution is 6.06. The van der Waals surface area contributed by atoms with Crippen molar-refractivity contribution in [2.75, 3.05) is 0 Å². The summed E-state index contributed by atoms with van der Waals surface area (Å²) >= 11 is 0. The summed E-state index contributed by atoms with van der Waals surface area (Å²) in [6.07, 6.45) is 1.96. The number of rotatable bonds is 5. The number of aromatic nitrogens is 1. The van der Waals surface area contributed by atoms with Crippen LogP contribution in [0, 0.1) is 11.7 Å². The number of oxazole rings is 1. The molecule has 0 radical (unpaired) electrons. The largest absolute Gasteiger partial charge is 0.444 e. The normalized spacial score (nSPS) is 20.4. The first-order valence-electron chi connectivity index (χ1n) is 8.13. The molecule has 7 heteroatoms. The van der Waals surface area contributed by atoms with Crippen molar-refractivity contribution in [3.63, 3.8) is 0 Å². The average Bonchev–Trinajstić information content (AvgIpc) is 3.07. The van der Waals surface area contributed by atoms with Gasteiger partial charge in [0.25, 0.3) is 5.91 Å². The summed E-state index contributed by atoms with van der Waals surface area (Å²) in [6.45, 7) is 5.77. The van der Waals surface area contributed by atoms with E-state index in [1.807, 2.05) is 13.8 Å². The second kappa shape index (κ2) is 6.31. The van der Waals surface area contributed by atoms with E-state index in [4.69, 9.17) is 4.42 Å². The van der Waals surface area contributed by atoms with Gasteiger partial charge >= 0.3 is 6.03 Å². The van der Waals surface area contributed by atoms with Gasteiger partial charge in [0.15, 0.2) is 0 Å². The lowest BCUT2D eigenvalue weighted by molar-refractivity contribution is -0.131. The molecule has 0 aliphatic carbocycles. The highest BCUT2D eigenvalue weighted by Gasteiger charge is 2.47. The third kappa shape index (κ3) is 3.40. The second-order valence-corrected chi connectivity index (χ2v) is 6.90. The Balaban J connectivity index is 1.76. The number of hydrogen-bond acceptors (Lipinski definition) is 4. The van der Waals surface area contributed by atoms with Crippen LogP contribution in [0.4, 0.5) is 9.18 Å². The topological polar surface area (TPSA) is 75.4 Å². The van der Waals surface area contributed by atoms with Crippen molar-refractivity contribution < 1.29 is 18.4 Å². The molecule has 3 rings (SSSR count). The van der Waals surface area contributed by atoms with Crippen LogP contribution in [0.25, 0.3) is 11.5 Å². The smallest absolute Gasteiger partial charge is 0.325 e. The Hall–Kier alpha value is -2.70. The van der Waals surface area contributed by atoms with Gasteiger partial charge in [-0.2, -0.15) is 0 Å². The molecule has 0 spiro atoms. The van der Waals surface area contributed by atoms with Crippen LogP contribution >= 0.6 is 0 Å². The molecule has 2 aromatic rings. The molecule has 1 aliphatic rings. The SMILES string of the molecule is CC(C)CC1(C)NC(=O)N(Cc2coc(-c3ccc(F)cc3)n2)C1=O. The maximum absolute atomic E-state index is 13.0. The maximum atomic E-state index is 13.0. The first-order chi connectivity index (χ1) is 11.8. The van der Waals surface area contributed by atoms with Gasteiger partial charge in [-0.15, -0.1) is 0 Å². The molecule has 3 amide bonds. The summed E-state index contributed by atoms with van der Waals surface area (Å²) in [4.78, 5) is 30.3. The fourth-order valence-corrected chi connectivity index (χ4v) is 3.11. The van der Waals surface area contributed by atoms with Crippen LogP contribution in [-0.4, -0.2) is 27.4 Å². The van der Waals surface area contributed by atoms with Crippen molar-refractivity contribution >= 4 is 11.9 Å². The van der Waals surface area contributed by atoms with Gasteiger partial charge in [0.1, 0.15) is 17.6 Å². The second-order valence-electron chi connectivity index (χ2n) is 6.90. The Kier molecular flexibility index (Phi) is 4.32. The average molecular weight is 345 g/mol. The Morgan fingerprint density at radius 2 is 1.96 bits per heavy atom. The number of carbonyl (C=O) groups is 2. The molecule has 25 heavy (non-hydrogen) atoms. The molecule has 6 nitrogen and oxygen atoms in total.